The Bertz CT molecular complexity index is 1550. The number of amides is 1. The molecule has 1 aliphatic rings. The first kappa shape index (κ1) is 26.8. The number of halogens is 1. The first-order valence-corrected chi connectivity index (χ1v) is 15.0. The van der Waals surface area contributed by atoms with Crippen molar-refractivity contribution in [3.63, 3.8) is 0 Å². The summed E-state index contributed by atoms with van der Waals surface area (Å²) in [5.41, 5.74) is 3.06. The van der Waals surface area contributed by atoms with Gasteiger partial charge in [-0.05, 0) is 67.3 Å². The van der Waals surface area contributed by atoms with Gasteiger partial charge in [0.1, 0.15) is 0 Å². The number of carbonyl (C=O) groups is 1. The first-order valence-electron chi connectivity index (χ1n) is 12.3. The van der Waals surface area contributed by atoms with Gasteiger partial charge in [0.05, 0.1) is 27.8 Å². The van der Waals surface area contributed by atoms with Gasteiger partial charge in [0, 0.05) is 30.8 Å². The molecule has 3 aromatic carbocycles. The van der Waals surface area contributed by atoms with E-state index in [9.17, 15) is 13.2 Å². The second kappa shape index (κ2) is 11.1. The minimum Gasteiger partial charge on any atom is -0.377 e. The molecule has 1 amide bonds. The molecule has 38 heavy (non-hydrogen) atoms. The van der Waals surface area contributed by atoms with Crippen LogP contribution in [0.1, 0.15) is 34.3 Å². The van der Waals surface area contributed by atoms with Gasteiger partial charge in [-0.15, -0.1) is 0 Å². The Labute approximate surface area is 231 Å². The van der Waals surface area contributed by atoms with Crippen molar-refractivity contribution in [1.82, 2.24) is 9.29 Å². The Morgan fingerprint density at radius 3 is 2.55 bits per heavy atom. The van der Waals surface area contributed by atoms with Crippen molar-refractivity contribution in [2.75, 3.05) is 25.1 Å². The predicted molar refractivity (Wildman–Crippen MR) is 152 cm³/mol. The van der Waals surface area contributed by atoms with Gasteiger partial charge in [0.25, 0.3) is 5.91 Å². The molecule has 5 rings (SSSR count). The number of fused-ring (bicyclic) bond motifs is 1. The molecule has 0 saturated carbocycles. The lowest BCUT2D eigenvalue weighted by atomic mass is 10.1. The summed E-state index contributed by atoms with van der Waals surface area (Å²) in [6, 6.07) is 19.5. The van der Waals surface area contributed by atoms with Gasteiger partial charge in [-0.3, -0.25) is 9.69 Å². The lowest BCUT2D eigenvalue weighted by Gasteiger charge is -2.22. The van der Waals surface area contributed by atoms with Crippen LogP contribution in [0.15, 0.2) is 71.6 Å². The number of benzene rings is 3. The molecule has 0 N–H and O–H groups in total. The normalized spacial score (nSPS) is 15.8. The molecule has 0 bridgehead atoms. The first-order chi connectivity index (χ1) is 18.2. The Kier molecular flexibility index (Phi) is 7.83. The predicted octanol–water partition coefficient (Wildman–Crippen LogP) is 5.90. The zero-order chi connectivity index (χ0) is 26.9. The van der Waals surface area contributed by atoms with Crippen molar-refractivity contribution in [1.29, 1.82) is 0 Å². The van der Waals surface area contributed by atoms with Crippen LogP contribution >= 0.6 is 22.9 Å². The second-order valence-corrected chi connectivity index (χ2v) is 12.9. The van der Waals surface area contributed by atoms with Gasteiger partial charge < -0.3 is 4.74 Å². The van der Waals surface area contributed by atoms with Crippen LogP contribution in [-0.4, -0.2) is 49.9 Å². The number of likely N-dealkylation sites (N-methyl/N-ethyl adjacent to an activating group) is 1. The number of hydrogen-bond acceptors (Lipinski definition) is 6. The van der Waals surface area contributed by atoms with Crippen LogP contribution in [0.2, 0.25) is 5.02 Å². The van der Waals surface area contributed by atoms with E-state index >= 15 is 0 Å². The highest BCUT2D eigenvalue weighted by Crippen LogP contribution is 2.34. The van der Waals surface area contributed by atoms with Gasteiger partial charge in [0.15, 0.2) is 5.13 Å². The third kappa shape index (κ3) is 5.62. The number of hydrogen-bond donors (Lipinski definition) is 0. The monoisotopic (exact) mass is 569 g/mol. The molecule has 1 atom stereocenters. The highest BCUT2D eigenvalue weighted by atomic mass is 35.5. The summed E-state index contributed by atoms with van der Waals surface area (Å²) in [6.07, 6.45) is 1.70. The van der Waals surface area contributed by atoms with E-state index in [1.54, 1.807) is 24.1 Å². The number of aromatic nitrogens is 1. The fourth-order valence-electron chi connectivity index (χ4n) is 4.53. The quantitative estimate of drug-likeness (QED) is 0.264. The molecular formula is C28H28ClN3O4S2. The fraction of sp³-hybridized carbons (Fsp3) is 0.286. The Morgan fingerprint density at radius 1 is 1.13 bits per heavy atom. The largest absolute Gasteiger partial charge is 0.377 e. The van der Waals surface area contributed by atoms with Crippen LogP contribution in [0.5, 0.6) is 0 Å². The fourth-order valence-corrected chi connectivity index (χ4v) is 7.15. The van der Waals surface area contributed by atoms with Gasteiger partial charge >= 0.3 is 0 Å². The van der Waals surface area contributed by atoms with E-state index in [2.05, 4.69) is 0 Å². The van der Waals surface area contributed by atoms with E-state index in [-0.39, 0.29) is 16.9 Å². The summed E-state index contributed by atoms with van der Waals surface area (Å²) in [5.74, 6) is -0.270. The summed E-state index contributed by atoms with van der Waals surface area (Å²) in [4.78, 5) is 20.3. The molecule has 10 heteroatoms. The van der Waals surface area contributed by atoms with Crippen molar-refractivity contribution < 1.29 is 17.9 Å². The minimum atomic E-state index is -3.71. The molecule has 0 spiro atoms. The highest BCUT2D eigenvalue weighted by Gasteiger charge is 2.27. The van der Waals surface area contributed by atoms with E-state index in [4.69, 9.17) is 21.3 Å². The molecule has 1 fully saturated rings. The maximum absolute atomic E-state index is 13.8. The van der Waals surface area contributed by atoms with Crippen molar-refractivity contribution in [2.45, 2.75) is 37.3 Å². The molecule has 1 unspecified atom stereocenters. The van der Waals surface area contributed by atoms with Crippen LogP contribution in [-0.2, 0) is 21.3 Å². The summed E-state index contributed by atoms with van der Waals surface area (Å²) in [6.45, 7) is 3.22. The number of anilines is 1. The number of ether oxygens (including phenoxy) is 1. The van der Waals surface area contributed by atoms with Crippen LogP contribution in [0.25, 0.3) is 10.2 Å². The average molecular weight is 570 g/mol. The number of sulfonamides is 1. The second-order valence-electron chi connectivity index (χ2n) is 9.39. The summed E-state index contributed by atoms with van der Waals surface area (Å²) in [7, 11) is -2.16. The van der Waals surface area contributed by atoms with Crippen LogP contribution in [0.4, 0.5) is 5.13 Å². The molecule has 2 heterocycles. The van der Waals surface area contributed by atoms with Crippen molar-refractivity contribution >= 4 is 54.2 Å². The summed E-state index contributed by atoms with van der Waals surface area (Å²) < 4.78 is 34.0. The van der Waals surface area contributed by atoms with E-state index in [0.29, 0.717) is 35.4 Å². The maximum atomic E-state index is 13.8. The number of carbonyl (C=O) groups excluding carboxylic acids is 1. The molecule has 7 nitrogen and oxygen atoms in total. The van der Waals surface area contributed by atoms with Crippen molar-refractivity contribution in [3.05, 3.63) is 88.4 Å². The molecule has 4 aromatic rings. The van der Waals surface area contributed by atoms with E-state index in [0.717, 1.165) is 34.2 Å². The molecule has 198 valence electrons. The maximum Gasteiger partial charge on any atom is 0.260 e. The number of thiazole rings is 1. The van der Waals surface area contributed by atoms with Gasteiger partial charge in [-0.1, -0.05) is 53.3 Å². The van der Waals surface area contributed by atoms with Crippen molar-refractivity contribution in [2.24, 2.45) is 0 Å². The zero-order valence-electron chi connectivity index (χ0n) is 21.1. The van der Waals surface area contributed by atoms with Gasteiger partial charge in [-0.25, -0.2) is 13.4 Å². The van der Waals surface area contributed by atoms with Gasteiger partial charge in [-0.2, -0.15) is 4.31 Å². The molecule has 0 radical (unpaired) electrons. The molecule has 1 saturated heterocycles. The zero-order valence-corrected chi connectivity index (χ0v) is 23.5. The standard InChI is InChI=1S/C28H28ClN3O4S2/c1-19-15-22(29)16-25-26(19)30-28(37-25)32(17-20-7-4-3-5-8-20)27(33)21-10-12-24(13-11-21)38(34,35)31(2)18-23-9-6-14-36-23/h3-5,7-8,10-13,15-16,23H,6,9,14,17-18H2,1-2H3. The van der Waals surface area contributed by atoms with E-state index in [1.165, 1.54) is 27.8 Å². The number of rotatable bonds is 8. The molecular weight excluding hydrogens is 542 g/mol. The SMILES string of the molecule is Cc1cc(Cl)cc2sc(N(Cc3ccccc3)C(=O)c3ccc(S(=O)(=O)N(C)CC4CCCO4)cc3)nc12. The lowest BCUT2D eigenvalue weighted by Crippen LogP contribution is -2.34. The smallest absolute Gasteiger partial charge is 0.260 e. The molecule has 1 aliphatic heterocycles. The topological polar surface area (TPSA) is 79.8 Å². The molecule has 0 aliphatic carbocycles. The summed E-state index contributed by atoms with van der Waals surface area (Å²) >= 11 is 7.66. The third-order valence-electron chi connectivity index (χ3n) is 6.59. The van der Waals surface area contributed by atoms with Crippen LogP contribution in [0.3, 0.4) is 0 Å². The molecule has 1 aromatic heterocycles. The van der Waals surface area contributed by atoms with E-state index < -0.39 is 10.0 Å². The van der Waals surface area contributed by atoms with Gasteiger partial charge in [0.2, 0.25) is 10.0 Å². The Balaban J connectivity index is 1.44. The number of aryl methyl sites for hydroxylation is 1. The number of nitrogens with zero attached hydrogens (tertiary/aromatic N) is 3. The van der Waals surface area contributed by atoms with E-state index in [1.807, 2.05) is 49.4 Å². The van der Waals surface area contributed by atoms with Crippen LogP contribution < -0.4 is 4.90 Å². The average Bonchev–Trinajstić information content (AvgIpc) is 3.57. The summed E-state index contributed by atoms with van der Waals surface area (Å²) in [5, 5.41) is 1.17. The lowest BCUT2D eigenvalue weighted by molar-refractivity contribution is 0.0978. The third-order valence-corrected chi connectivity index (χ3v) is 9.67. The Morgan fingerprint density at radius 2 is 1.87 bits per heavy atom. The highest BCUT2D eigenvalue weighted by molar-refractivity contribution is 7.89. The Hall–Kier alpha value is -2.82. The van der Waals surface area contributed by atoms with Crippen LogP contribution in [0, 0.1) is 6.92 Å². The minimum absolute atomic E-state index is 0.0884. The van der Waals surface area contributed by atoms with Crippen molar-refractivity contribution in [3.8, 4) is 0 Å².